The highest BCUT2D eigenvalue weighted by Crippen LogP contribution is 2.29. The van der Waals surface area contributed by atoms with Crippen LogP contribution in [0.3, 0.4) is 0 Å². The van der Waals surface area contributed by atoms with Crippen LogP contribution >= 0.6 is 11.3 Å². The lowest BCUT2D eigenvalue weighted by atomic mass is 10.1. The number of hydrogen-bond acceptors (Lipinski definition) is 6. The number of nitrogens with one attached hydrogen (secondary N) is 1. The van der Waals surface area contributed by atoms with E-state index in [4.69, 9.17) is 4.74 Å². The van der Waals surface area contributed by atoms with Gasteiger partial charge in [-0.3, -0.25) is 9.10 Å². The molecule has 0 unspecified atom stereocenters. The van der Waals surface area contributed by atoms with Crippen LogP contribution in [0.25, 0.3) is 0 Å². The van der Waals surface area contributed by atoms with Crippen LogP contribution in [0.5, 0.6) is 0 Å². The van der Waals surface area contributed by atoms with Crippen LogP contribution in [0, 0.1) is 20.8 Å². The molecule has 1 amide bonds. The number of rotatable bonds is 7. The summed E-state index contributed by atoms with van der Waals surface area (Å²) in [6, 6.07) is 13.6. The minimum Gasteiger partial charge on any atom is -0.465 e. The highest BCUT2D eigenvalue weighted by Gasteiger charge is 2.32. The summed E-state index contributed by atoms with van der Waals surface area (Å²) in [5, 5.41) is 4.26. The van der Waals surface area contributed by atoms with Gasteiger partial charge in [-0.1, -0.05) is 23.8 Å². The molecule has 0 aliphatic rings. The van der Waals surface area contributed by atoms with Gasteiger partial charge in [0, 0.05) is 5.69 Å². The van der Waals surface area contributed by atoms with Gasteiger partial charge < -0.3 is 10.1 Å². The van der Waals surface area contributed by atoms with Crippen LogP contribution in [-0.4, -0.2) is 33.9 Å². The van der Waals surface area contributed by atoms with E-state index in [1.807, 2.05) is 32.9 Å². The predicted molar refractivity (Wildman–Crippen MR) is 126 cm³/mol. The van der Waals surface area contributed by atoms with Crippen molar-refractivity contribution >= 4 is 44.6 Å². The van der Waals surface area contributed by atoms with Gasteiger partial charge in [-0.2, -0.15) is 0 Å². The SMILES string of the molecule is COC(=O)c1sccc1S(=O)(=O)N(CC(=O)Nc1ccc(C)c(C)c1)c1ccc(C)cc1. The van der Waals surface area contributed by atoms with Gasteiger partial charge in [0.25, 0.3) is 10.0 Å². The molecule has 1 N–H and O–H groups in total. The number of ether oxygens (including phenoxy) is 1. The normalized spacial score (nSPS) is 11.1. The first-order valence-corrected chi connectivity index (χ1v) is 12.1. The number of nitrogens with zero attached hydrogens (tertiary/aromatic N) is 1. The van der Waals surface area contributed by atoms with Gasteiger partial charge in [-0.15, -0.1) is 11.3 Å². The van der Waals surface area contributed by atoms with E-state index in [2.05, 4.69) is 5.32 Å². The number of anilines is 2. The standard InChI is InChI=1S/C23H24N2O5S2/c1-15-5-9-19(10-6-15)25(14-21(26)24-18-8-7-16(2)17(3)13-18)32(28,29)20-11-12-31-22(20)23(27)30-4/h5-13H,14H2,1-4H3,(H,24,26). The molecule has 0 aliphatic carbocycles. The molecular weight excluding hydrogens is 448 g/mol. The van der Waals surface area contributed by atoms with Crippen molar-refractivity contribution in [3.05, 3.63) is 75.5 Å². The summed E-state index contributed by atoms with van der Waals surface area (Å²) in [5.41, 5.74) is 3.92. The molecule has 32 heavy (non-hydrogen) atoms. The van der Waals surface area contributed by atoms with Crippen molar-refractivity contribution in [3.8, 4) is 0 Å². The average molecular weight is 473 g/mol. The number of carbonyl (C=O) groups excluding carboxylic acids is 2. The quantitative estimate of drug-likeness (QED) is 0.518. The molecule has 7 nitrogen and oxygen atoms in total. The summed E-state index contributed by atoms with van der Waals surface area (Å²) >= 11 is 0.968. The van der Waals surface area contributed by atoms with Gasteiger partial charge in [0.2, 0.25) is 5.91 Å². The molecule has 0 aliphatic heterocycles. The smallest absolute Gasteiger partial charge is 0.349 e. The fourth-order valence-electron chi connectivity index (χ4n) is 3.04. The third kappa shape index (κ3) is 5.00. The molecule has 0 saturated heterocycles. The third-order valence-electron chi connectivity index (χ3n) is 4.97. The maximum absolute atomic E-state index is 13.6. The van der Waals surface area contributed by atoms with Crippen LogP contribution < -0.4 is 9.62 Å². The minimum atomic E-state index is -4.23. The lowest BCUT2D eigenvalue weighted by Gasteiger charge is -2.24. The van der Waals surface area contributed by atoms with Gasteiger partial charge in [0.15, 0.2) is 0 Å². The molecule has 0 radical (unpaired) electrons. The number of esters is 1. The van der Waals surface area contributed by atoms with Gasteiger partial charge in [0.05, 0.1) is 12.8 Å². The monoisotopic (exact) mass is 472 g/mol. The fraction of sp³-hybridized carbons (Fsp3) is 0.217. The van der Waals surface area contributed by atoms with E-state index in [0.29, 0.717) is 11.4 Å². The molecule has 9 heteroatoms. The van der Waals surface area contributed by atoms with Crippen LogP contribution in [-0.2, 0) is 19.6 Å². The lowest BCUT2D eigenvalue weighted by molar-refractivity contribution is -0.114. The van der Waals surface area contributed by atoms with Crippen molar-refractivity contribution in [2.24, 2.45) is 0 Å². The Morgan fingerprint density at radius 3 is 2.31 bits per heavy atom. The van der Waals surface area contributed by atoms with Crippen LogP contribution in [0.1, 0.15) is 26.4 Å². The number of sulfonamides is 1. The maximum Gasteiger partial charge on any atom is 0.349 e. The van der Waals surface area contributed by atoms with Crippen LogP contribution in [0.4, 0.5) is 11.4 Å². The average Bonchev–Trinajstić information content (AvgIpc) is 3.26. The van der Waals surface area contributed by atoms with Crippen molar-refractivity contribution in [2.75, 3.05) is 23.3 Å². The second kappa shape index (κ2) is 9.54. The number of hydrogen-bond donors (Lipinski definition) is 1. The molecule has 0 atom stereocenters. The van der Waals surface area contributed by atoms with E-state index >= 15 is 0 Å². The number of amides is 1. The first-order valence-electron chi connectivity index (χ1n) is 9.76. The number of benzene rings is 2. The molecule has 0 bridgehead atoms. The second-order valence-electron chi connectivity index (χ2n) is 7.30. The Morgan fingerprint density at radius 2 is 1.69 bits per heavy atom. The molecule has 0 fully saturated rings. The van der Waals surface area contributed by atoms with Crippen LogP contribution in [0.2, 0.25) is 0 Å². The topological polar surface area (TPSA) is 92.8 Å². The first kappa shape index (κ1) is 23.5. The second-order valence-corrected chi connectivity index (χ2v) is 10.0. The Kier molecular flexibility index (Phi) is 7.00. The summed E-state index contributed by atoms with van der Waals surface area (Å²) in [6.45, 7) is 5.31. The van der Waals surface area contributed by atoms with Crippen molar-refractivity contribution in [1.82, 2.24) is 0 Å². The Hall–Kier alpha value is -3.17. The summed E-state index contributed by atoms with van der Waals surface area (Å²) in [5.74, 6) is -1.26. The van der Waals surface area contributed by atoms with Crippen molar-refractivity contribution < 1.29 is 22.7 Å². The minimum absolute atomic E-state index is 0.0424. The van der Waals surface area contributed by atoms with Gasteiger partial charge in [0.1, 0.15) is 16.3 Å². The summed E-state index contributed by atoms with van der Waals surface area (Å²) in [4.78, 5) is 24.7. The zero-order chi connectivity index (χ0) is 23.5. The summed E-state index contributed by atoms with van der Waals surface area (Å²) < 4.78 is 32.8. The van der Waals surface area contributed by atoms with E-state index in [-0.39, 0.29) is 9.77 Å². The Labute approximate surface area is 191 Å². The first-order chi connectivity index (χ1) is 15.1. The molecule has 3 aromatic rings. The van der Waals surface area contributed by atoms with Crippen molar-refractivity contribution in [1.29, 1.82) is 0 Å². The number of carbonyl (C=O) groups is 2. The van der Waals surface area contributed by atoms with Crippen molar-refractivity contribution in [3.63, 3.8) is 0 Å². The van der Waals surface area contributed by atoms with Gasteiger partial charge >= 0.3 is 5.97 Å². The molecular formula is C23H24N2O5S2. The van der Waals surface area contributed by atoms with E-state index in [9.17, 15) is 18.0 Å². The highest BCUT2D eigenvalue weighted by molar-refractivity contribution is 7.93. The zero-order valence-corrected chi connectivity index (χ0v) is 19.8. The molecule has 1 heterocycles. The van der Waals surface area contributed by atoms with Crippen molar-refractivity contribution in [2.45, 2.75) is 25.7 Å². The Morgan fingerprint density at radius 1 is 1.00 bits per heavy atom. The maximum atomic E-state index is 13.6. The van der Waals surface area contributed by atoms with E-state index in [1.165, 1.54) is 18.6 Å². The van der Waals surface area contributed by atoms with E-state index < -0.39 is 28.4 Å². The van der Waals surface area contributed by atoms with Crippen LogP contribution in [0.15, 0.2) is 58.8 Å². The fourth-order valence-corrected chi connectivity index (χ4v) is 5.77. The van der Waals surface area contributed by atoms with E-state index in [0.717, 1.165) is 32.3 Å². The molecule has 2 aromatic carbocycles. The zero-order valence-electron chi connectivity index (χ0n) is 18.2. The molecule has 1 aromatic heterocycles. The number of aryl methyl sites for hydroxylation is 3. The molecule has 0 spiro atoms. The lowest BCUT2D eigenvalue weighted by Crippen LogP contribution is -2.38. The molecule has 0 saturated carbocycles. The number of methoxy groups -OCH3 is 1. The summed E-state index contributed by atoms with van der Waals surface area (Å²) in [6.07, 6.45) is 0. The summed E-state index contributed by atoms with van der Waals surface area (Å²) in [7, 11) is -3.04. The Bertz CT molecular complexity index is 1250. The predicted octanol–water partition coefficient (Wildman–Crippen LogP) is 4.29. The highest BCUT2D eigenvalue weighted by atomic mass is 32.2. The Balaban J connectivity index is 1.98. The largest absolute Gasteiger partial charge is 0.465 e. The van der Waals surface area contributed by atoms with Gasteiger partial charge in [-0.05, 0) is 67.6 Å². The molecule has 168 valence electrons. The van der Waals surface area contributed by atoms with E-state index in [1.54, 1.807) is 30.3 Å². The third-order valence-corrected chi connectivity index (χ3v) is 7.81. The molecule has 3 rings (SSSR count). The number of thiophene rings is 1. The van der Waals surface area contributed by atoms with Gasteiger partial charge in [-0.25, -0.2) is 13.2 Å².